The molecule has 0 bridgehead atoms. The Labute approximate surface area is 146 Å². The maximum atomic E-state index is 10.9. The zero-order chi connectivity index (χ0) is 17.8. The number of anilines is 1. The summed E-state index contributed by atoms with van der Waals surface area (Å²) >= 11 is 0. The summed E-state index contributed by atoms with van der Waals surface area (Å²) in [6, 6.07) is 6.46. The van der Waals surface area contributed by atoms with E-state index >= 15 is 0 Å². The number of nitrogens with zero attached hydrogens (tertiary/aromatic N) is 4. The Morgan fingerprint density at radius 1 is 1.40 bits per heavy atom. The largest absolute Gasteiger partial charge is 0.389 e. The zero-order valence-corrected chi connectivity index (χ0v) is 14.0. The first-order valence-corrected chi connectivity index (χ1v) is 8.54. The van der Waals surface area contributed by atoms with Crippen molar-refractivity contribution < 1.29 is 14.8 Å². The quantitative estimate of drug-likeness (QED) is 0.629. The number of nitro benzene ring substituents is 1. The number of benzene rings is 1. The van der Waals surface area contributed by atoms with Gasteiger partial charge in [0, 0.05) is 51.5 Å². The van der Waals surface area contributed by atoms with Gasteiger partial charge in [0.15, 0.2) is 0 Å². The first-order valence-electron chi connectivity index (χ1n) is 8.54. The van der Waals surface area contributed by atoms with Crippen LogP contribution < -0.4 is 4.90 Å². The first kappa shape index (κ1) is 17.6. The molecule has 1 aromatic rings. The van der Waals surface area contributed by atoms with Crippen LogP contribution in [0.2, 0.25) is 0 Å². The maximum absolute atomic E-state index is 10.9. The van der Waals surface area contributed by atoms with Gasteiger partial charge in [-0.05, 0) is 18.9 Å². The summed E-state index contributed by atoms with van der Waals surface area (Å²) in [6.45, 7) is 4.28. The van der Waals surface area contributed by atoms with Gasteiger partial charge in [-0.25, -0.2) is 0 Å². The molecule has 2 aliphatic heterocycles. The molecule has 2 heterocycles. The van der Waals surface area contributed by atoms with Gasteiger partial charge in [0.1, 0.15) is 6.07 Å². The molecule has 25 heavy (non-hydrogen) atoms. The molecule has 0 spiro atoms. The number of rotatable bonds is 5. The highest BCUT2D eigenvalue weighted by atomic mass is 16.6. The van der Waals surface area contributed by atoms with Gasteiger partial charge in [-0.1, -0.05) is 0 Å². The summed E-state index contributed by atoms with van der Waals surface area (Å²) in [7, 11) is 0. The summed E-state index contributed by atoms with van der Waals surface area (Å²) in [6.07, 6.45) is 1.39. The molecule has 0 amide bonds. The van der Waals surface area contributed by atoms with E-state index in [9.17, 15) is 20.5 Å². The van der Waals surface area contributed by atoms with Gasteiger partial charge >= 0.3 is 0 Å². The SMILES string of the molecule is N#Cc1cc([N+](=O)[O-])ccc1N1CCN(C[C@@H](O)[C@@H]2CCCO2)CC1. The monoisotopic (exact) mass is 346 g/mol. The van der Waals surface area contributed by atoms with Crippen molar-refractivity contribution >= 4 is 11.4 Å². The Bertz CT molecular complexity index is 661. The van der Waals surface area contributed by atoms with Crippen LogP contribution in [-0.2, 0) is 4.74 Å². The summed E-state index contributed by atoms with van der Waals surface area (Å²) in [5.74, 6) is 0. The minimum atomic E-state index is -0.491. The van der Waals surface area contributed by atoms with Crippen LogP contribution in [0.15, 0.2) is 18.2 Å². The molecule has 0 radical (unpaired) electrons. The van der Waals surface area contributed by atoms with Gasteiger partial charge in [-0.15, -0.1) is 0 Å². The van der Waals surface area contributed by atoms with E-state index in [1.807, 2.05) is 0 Å². The van der Waals surface area contributed by atoms with E-state index in [4.69, 9.17) is 4.74 Å². The van der Waals surface area contributed by atoms with E-state index < -0.39 is 11.0 Å². The molecule has 1 N–H and O–H groups in total. The molecule has 0 unspecified atom stereocenters. The Kier molecular flexibility index (Phi) is 5.48. The van der Waals surface area contributed by atoms with Gasteiger partial charge in [0.2, 0.25) is 0 Å². The minimum absolute atomic E-state index is 0.0575. The summed E-state index contributed by atoms with van der Waals surface area (Å²) in [5.41, 5.74) is 0.980. The molecule has 8 nitrogen and oxygen atoms in total. The van der Waals surface area contributed by atoms with E-state index in [-0.39, 0.29) is 11.8 Å². The molecule has 0 aliphatic carbocycles. The molecule has 2 atom stereocenters. The summed E-state index contributed by atoms with van der Waals surface area (Å²) < 4.78 is 5.53. The van der Waals surface area contributed by atoms with Gasteiger partial charge in [-0.3, -0.25) is 15.0 Å². The number of nitro groups is 1. The number of hydrogen-bond donors (Lipinski definition) is 1. The number of hydrogen-bond acceptors (Lipinski definition) is 7. The lowest BCUT2D eigenvalue weighted by molar-refractivity contribution is -0.384. The predicted molar refractivity (Wildman–Crippen MR) is 91.4 cm³/mol. The maximum Gasteiger partial charge on any atom is 0.270 e. The van der Waals surface area contributed by atoms with Crippen molar-refractivity contribution in [2.24, 2.45) is 0 Å². The van der Waals surface area contributed by atoms with Crippen LogP contribution in [0.3, 0.4) is 0 Å². The smallest absolute Gasteiger partial charge is 0.270 e. The number of nitriles is 1. The standard InChI is InChI=1S/C17H22N4O4/c18-11-13-10-14(21(23)24)3-4-15(13)20-7-5-19(6-8-20)12-16(22)17-2-1-9-25-17/h3-4,10,16-17,22H,1-2,5-9,12H2/t16-,17+/m1/s1. The molecule has 2 aliphatic rings. The normalized spacial score (nSPS) is 22.6. The second kappa shape index (κ2) is 7.78. The number of non-ortho nitro benzene ring substituents is 1. The van der Waals surface area contributed by atoms with Gasteiger partial charge in [0.05, 0.1) is 28.4 Å². The van der Waals surface area contributed by atoms with Crippen LogP contribution in [0.5, 0.6) is 0 Å². The lowest BCUT2D eigenvalue weighted by Crippen LogP contribution is -2.50. The van der Waals surface area contributed by atoms with Gasteiger partial charge < -0.3 is 14.7 Å². The van der Waals surface area contributed by atoms with E-state index in [1.165, 1.54) is 12.1 Å². The Hall–Kier alpha value is -2.21. The van der Waals surface area contributed by atoms with Crippen LogP contribution in [0.1, 0.15) is 18.4 Å². The molecule has 8 heteroatoms. The van der Waals surface area contributed by atoms with Gasteiger partial charge in [-0.2, -0.15) is 5.26 Å². The average molecular weight is 346 g/mol. The molecule has 2 fully saturated rings. The van der Waals surface area contributed by atoms with Crippen molar-refractivity contribution in [1.29, 1.82) is 5.26 Å². The average Bonchev–Trinajstić information content (AvgIpc) is 3.16. The lowest BCUT2D eigenvalue weighted by Gasteiger charge is -2.37. The van der Waals surface area contributed by atoms with Gasteiger partial charge in [0.25, 0.3) is 5.69 Å². The minimum Gasteiger partial charge on any atom is -0.389 e. The van der Waals surface area contributed by atoms with Crippen molar-refractivity contribution in [1.82, 2.24) is 4.90 Å². The lowest BCUT2D eigenvalue weighted by atomic mass is 10.1. The van der Waals surface area contributed by atoms with E-state index in [1.54, 1.807) is 6.07 Å². The summed E-state index contributed by atoms with van der Waals surface area (Å²) in [4.78, 5) is 14.6. The molecular weight excluding hydrogens is 324 g/mol. The van der Waals surface area contributed by atoms with Crippen molar-refractivity contribution in [3.63, 3.8) is 0 Å². The number of piperazine rings is 1. The van der Waals surface area contributed by atoms with E-state index in [0.29, 0.717) is 25.2 Å². The Morgan fingerprint density at radius 2 is 2.16 bits per heavy atom. The van der Waals surface area contributed by atoms with Crippen molar-refractivity contribution in [2.45, 2.75) is 25.0 Å². The Morgan fingerprint density at radius 3 is 2.76 bits per heavy atom. The van der Waals surface area contributed by atoms with Crippen molar-refractivity contribution in [2.75, 3.05) is 44.2 Å². The molecule has 1 aromatic carbocycles. The fourth-order valence-corrected chi connectivity index (χ4v) is 3.46. The predicted octanol–water partition coefficient (Wildman–Crippen LogP) is 1.13. The highest BCUT2D eigenvalue weighted by Crippen LogP contribution is 2.26. The zero-order valence-electron chi connectivity index (χ0n) is 14.0. The highest BCUT2D eigenvalue weighted by Gasteiger charge is 2.28. The number of aliphatic hydroxyl groups is 1. The molecule has 134 valence electrons. The van der Waals surface area contributed by atoms with E-state index in [2.05, 4.69) is 15.9 Å². The van der Waals surface area contributed by atoms with Crippen LogP contribution in [-0.4, -0.2) is 66.5 Å². The Balaban J connectivity index is 1.58. The third-order valence-electron chi connectivity index (χ3n) is 4.86. The number of ether oxygens (including phenoxy) is 1. The molecule has 3 rings (SSSR count). The number of aliphatic hydroxyl groups excluding tert-OH is 1. The fourth-order valence-electron chi connectivity index (χ4n) is 3.46. The summed E-state index contributed by atoms with van der Waals surface area (Å²) in [5, 5.41) is 30.4. The third-order valence-corrected chi connectivity index (χ3v) is 4.86. The second-order valence-electron chi connectivity index (χ2n) is 6.48. The molecular formula is C17H22N4O4. The number of β-amino-alcohol motifs (C(OH)–C–C–N with tert-alkyl or cyclic N) is 1. The third kappa shape index (κ3) is 4.07. The topological polar surface area (TPSA) is 103 Å². The molecule has 2 saturated heterocycles. The van der Waals surface area contributed by atoms with Crippen molar-refractivity contribution in [3.05, 3.63) is 33.9 Å². The highest BCUT2D eigenvalue weighted by molar-refractivity contribution is 5.63. The second-order valence-corrected chi connectivity index (χ2v) is 6.48. The van der Waals surface area contributed by atoms with Crippen LogP contribution >= 0.6 is 0 Å². The van der Waals surface area contributed by atoms with E-state index in [0.717, 1.165) is 38.2 Å². The first-order chi connectivity index (χ1) is 12.1. The van der Waals surface area contributed by atoms with Crippen LogP contribution in [0, 0.1) is 21.4 Å². The molecule has 0 saturated carbocycles. The molecule has 0 aromatic heterocycles. The fraction of sp³-hybridized carbons (Fsp3) is 0.588. The van der Waals surface area contributed by atoms with Crippen molar-refractivity contribution in [3.8, 4) is 6.07 Å². The van der Waals surface area contributed by atoms with Crippen LogP contribution in [0.4, 0.5) is 11.4 Å². The van der Waals surface area contributed by atoms with Crippen LogP contribution in [0.25, 0.3) is 0 Å².